The van der Waals surface area contributed by atoms with Crippen molar-refractivity contribution in [1.29, 1.82) is 0 Å². The van der Waals surface area contributed by atoms with Gasteiger partial charge in [0.05, 0.1) is 32.3 Å². The molecular weight excluding hydrogens is 763 g/mol. The average Bonchev–Trinajstić information content (AvgIpc) is 3.58. The summed E-state index contributed by atoms with van der Waals surface area (Å²) in [6, 6.07) is 11.5. The number of aromatic nitrogens is 2. The Kier molecular flexibility index (Phi) is 10.8. The summed E-state index contributed by atoms with van der Waals surface area (Å²) in [5, 5.41) is 3.67. The highest BCUT2D eigenvalue weighted by Crippen LogP contribution is 2.44. The lowest BCUT2D eigenvalue weighted by atomic mass is 9.71. The van der Waals surface area contributed by atoms with E-state index in [2.05, 4.69) is 31.1 Å². The molecule has 60 heavy (non-hydrogen) atoms. The van der Waals surface area contributed by atoms with Crippen LogP contribution in [0.3, 0.4) is 0 Å². The number of rotatable bonds is 11. The molecular formula is C46H55N7O7. The van der Waals surface area contributed by atoms with Crippen molar-refractivity contribution >= 4 is 34.2 Å². The molecule has 5 aliphatic rings. The number of piperidine rings is 3. The highest BCUT2D eigenvalue weighted by molar-refractivity contribution is 6.05. The summed E-state index contributed by atoms with van der Waals surface area (Å²) in [4.78, 5) is 63.9. The molecule has 9 rings (SSSR count). The zero-order valence-electron chi connectivity index (χ0n) is 35.1. The number of aryl methyl sites for hydroxylation is 1. The summed E-state index contributed by atoms with van der Waals surface area (Å²) in [6.07, 6.45) is 10.0. The first kappa shape index (κ1) is 40.0. The van der Waals surface area contributed by atoms with Crippen LogP contribution in [0.25, 0.3) is 21.9 Å². The SMILES string of the molecule is COc1cc2c(-c3cc(OC)c(CN4CCC(CCN5CCC6(CC5)CN(c5ccc7c(c5)C(=O)N(C5CCC(=O)NC5=O)C7)C6)CC4)c(OC)c3)cn(C)c(=O)c2cn1. The summed E-state index contributed by atoms with van der Waals surface area (Å²) < 4.78 is 18.9. The van der Waals surface area contributed by atoms with Crippen LogP contribution in [0.4, 0.5) is 5.69 Å². The topological polar surface area (TPSA) is 139 Å². The number of likely N-dealkylation sites (tertiary alicyclic amines) is 2. The third-order valence-electron chi connectivity index (χ3n) is 14.0. The van der Waals surface area contributed by atoms with Crippen molar-refractivity contribution in [2.45, 2.75) is 64.1 Å². The summed E-state index contributed by atoms with van der Waals surface area (Å²) >= 11 is 0. The van der Waals surface area contributed by atoms with Crippen molar-refractivity contribution < 1.29 is 28.6 Å². The molecule has 4 saturated heterocycles. The van der Waals surface area contributed by atoms with E-state index in [9.17, 15) is 19.2 Å². The van der Waals surface area contributed by atoms with Gasteiger partial charge in [-0.2, -0.15) is 0 Å². The summed E-state index contributed by atoms with van der Waals surface area (Å²) in [7, 11) is 6.71. The number of ether oxygens (including phenoxy) is 3. The van der Waals surface area contributed by atoms with Crippen LogP contribution in [0, 0.1) is 11.3 Å². The molecule has 316 valence electrons. The van der Waals surface area contributed by atoms with Crippen LogP contribution >= 0.6 is 0 Å². The molecule has 1 N–H and O–H groups in total. The van der Waals surface area contributed by atoms with Crippen molar-refractivity contribution in [2.75, 3.05) is 72.0 Å². The Morgan fingerprint density at radius 1 is 0.833 bits per heavy atom. The summed E-state index contributed by atoms with van der Waals surface area (Å²) in [6.45, 7) is 8.63. The van der Waals surface area contributed by atoms with Gasteiger partial charge in [0.25, 0.3) is 11.5 Å². The Labute approximate surface area is 350 Å². The number of amides is 3. The van der Waals surface area contributed by atoms with Gasteiger partial charge in [-0.25, -0.2) is 4.98 Å². The molecule has 2 aromatic carbocycles. The first-order valence-corrected chi connectivity index (χ1v) is 21.3. The highest BCUT2D eigenvalue weighted by atomic mass is 16.5. The number of methoxy groups -OCH3 is 3. The van der Waals surface area contributed by atoms with E-state index in [4.69, 9.17) is 14.2 Å². The maximum absolute atomic E-state index is 13.4. The number of hydrogen-bond acceptors (Lipinski definition) is 11. The standard InChI is InChI=1S/C46H55N7O7/c1-49-25-36(34-22-42(60-4)47-23-35(34)44(49)56)31-19-39(58-2)37(40(20-31)59-3)26-51-15-10-29(11-16-51)9-14-50-17-12-46(13-18-50)27-52(28-46)32-6-5-30-24-53(45(57)33(30)21-32)38-7-8-41(54)48-43(38)55/h5-6,19-23,25,29,38H,7-18,24,26-28H2,1-4H3,(H,48,54,55). The van der Waals surface area contributed by atoms with Crippen LogP contribution in [0.5, 0.6) is 17.4 Å². The van der Waals surface area contributed by atoms with E-state index in [0.717, 1.165) is 97.2 Å². The van der Waals surface area contributed by atoms with Crippen LogP contribution < -0.4 is 30.0 Å². The molecule has 2 aromatic heterocycles. The number of fused-ring (bicyclic) bond motifs is 2. The number of anilines is 1. The fraction of sp³-hybridized carbons (Fsp3) is 0.500. The number of benzene rings is 2. The van der Waals surface area contributed by atoms with E-state index in [1.165, 1.54) is 32.1 Å². The smallest absolute Gasteiger partial charge is 0.259 e. The van der Waals surface area contributed by atoms with Gasteiger partial charge >= 0.3 is 0 Å². The number of nitrogens with one attached hydrogen (secondary N) is 1. The largest absolute Gasteiger partial charge is 0.496 e. The Balaban J connectivity index is 0.751. The Morgan fingerprint density at radius 2 is 1.57 bits per heavy atom. The molecule has 0 bridgehead atoms. The molecule has 4 fully saturated rings. The third-order valence-corrected chi connectivity index (χ3v) is 14.0. The van der Waals surface area contributed by atoms with Gasteiger partial charge in [-0.05, 0) is 113 Å². The molecule has 14 heteroatoms. The fourth-order valence-electron chi connectivity index (χ4n) is 10.3. The van der Waals surface area contributed by atoms with Crippen LogP contribution in [0.2, 0.25) is 0 Å². The minimum atomic E-state index is -0.589. The van der Waals surface area contributed by atoms with Crippen molar-refractivity contribution in [3.05, 3.63) is 75.8 Å². The quantitative estimate of drug-likeness (QED) is 0.213. The zero-order valence-corrected chi connectivity index (χ0v) is 35.1. The van der Waals surface area contributed by atoms with Crippen molar-refractivity contribution in [3.8, 4) is 28.5 Å². The van der Waals surface area contributed by atoms with E-state index < -0.39 is 6.04 Å². The molecule has 1 spiro atoms. The molecule has 4 aromatic rings. The van der Waals surface area contributed by atoms with Crippen molar-refractivity contribution in [1.82, 2.24) is 29.6 Å². The molecule has 0 saturated carbocycles. The van der Waals surface area contributed by atoms with Gasteiger partial charge in [0.15, 0.2) is 0 Å². The average molecular weight is 818 g/mol. The maximum atomic E-state index is 13.4. The number of carbonyl (C=O) groups excluding carboxylic acids is 3. The molecule has 14 nitrogen and oxygen atoms in total. The predicted octanol–water partition coefficient (Wildman–Crippen LogP) is 4.59. The lowest BCUT2D eigenvalue weighted by Gasteiger charge is -2.55. The van der Waals surface area contributed by atoms with Crippen molar-refractivity contribution in [3.63, 3.8) is 0 Å². The second-order valence-corrected chi connectivity index (χ2v) is 17.5. The molecule has 1 unspecified atom stereocenters. The van der Waals surface area contributed by atoms with E-state index in [0.29, 0.717) is 41.1 Å². The Bertz CT molecular complexity index is 2370. The minimum Gasteiger partial charge on any atom is -0.496 e. The number of carbonyl (C=O) groups is 3. The number of pyridine rings is 2. The van der Waals surface area contributed by atoms with Crippen LogP contribution in [0.1, 0.15) is 66.4 Å². The molecule has 0 aliphatic carbocycles. The first-order chi connectivity index (χ1) is 29.0. The molecule has 7 heterocycles. The minimum absolute atomic E-state index is 0.115. The second-order valence-electron chi connectivity index (χ2n) is 17.5. The number of hydrogen-bond donors (Lipinski definition) is 1. The predicted molar refractivity (Wildman–Crippen MR) is 228 cm³/mol. The Hall–Kier alpha value is -5.47. The number of imide groups is 1. The van der Waals surface area contributed by atoms with E-state index in [-0.39, 0.29) is 29.7 Å². The van der Waals surface area contributed by atoms with Gasteiger partial charge < -0.3 is 33.5 Å². The summed E-state index contributed by atoms with van der Waals surface area (Å²) in [5.74, 6) is 1.91. The molecule has 0 radical (unpaired) electrons. The van der Waals surface area contributed by atoms with E-state index >= 15 is 0 Å². The first-order valence-electron chi connectivity index (χ1n) is 21.3. The van der Waals surface area contributed by atoms with E-state index in [1.54, 1.807) is 50.1 Å². The van der Waals surface area contributed by atoms with Gasteiger partial charge in [-0.3, -0.25) is 29.4 Å². The van der Waals surface area contributed by atoms with Gasteiger partial charge in [-0.15, -0.1) is 0 Å². The molecule has 5 aliphatic heterocycles. The maximum Gasteiger partial charge on any atom is 0.259 e. The van der Waals surface area contributed by atoms with Crippen LogP contribution in [0.15, 0.2) is 53.6 Å². The van der Waals surface area contributed by atoms with Crippen molar-refractivity contribution in [2.24, 2.45) is 18.4 Å². The third kappa shape index (κ3) is 7.48. The van der Waals surface area contributed by atoms with Gasteiger partial charge in [0.1, 0.15) is 17.5 Å². The molecule has 3 amide bonds. The Morgan fingerprint density at radius 3 is 2.25 bits per heavy atom. The lowest BCUT2D eigenvalue weighted by Crippen LogP contribution is -2.60. The monoisotopic (exact) mass is 817 g/mol. The zero-order chi connectivity index (χ0) is 41.7. The molecule has 1 atom stereocenters. The highest BCUT2D eigenvalue weighted by Gasteiger charge is 2.46. The van der Waals surface area contributed by atoms with Crippen LogP contribution in [-0.2, 0) is 29.7 Å². The van der Waals surface area contributed by atoms with Gasteiger partial charge in [0.2, 0.25) is 17.7 Å². The van der Waals surface area contributed by atoms with E-state index in [1.807, 2.05) is 30.5 Å². The number of nitrogens with zero attached hydrogens (tertiary/aromatic N) is 6. The fourth-order valence-corrected chi connectivity index (χ4v) is 10.3. The summed E-state index contributed by atoms with van der Waals surface area (Å²) in [5.41, 5.74) is 5.70. The van der Waals surface area contributed by atoms with Gasteiger partial charge in [-0.1, -0.05) is 6.07 Å². The van der Waals surface area contributed by atoms with Crippen LogP contribution in [-0.4, -0.2) is 115 Å². The lowest BCUT2D eigenvalue weighted by molar-refractivity contribution is -0.136. The van der Waals surface area contributed by atoms with Gasteiger partial charge in [0, 0.05) is 85.7 Å². The normalized spacial score (nSPS) is 21.0. The second kappa shape index (κ2) is 16.2.